The summed E-state index contributed by atoms with van der Waals surface area (Å²) >= 11 is 0. The van der Waals surface area contributed by atoms with Gasteiger partial charge in [-0.05, 0) is 11.1 Å². The van der Waals surface area contributed by atoms with Crippen LogP contribution < -0.4 is 5.73 Å². The van der Waals surface area contributed by atoms with Crippen molar-refractivity contribution >= 4 is 5.78 Å². The quantitative estimate of drug-likeness (QED) is 0.889. The number of hydrogen-bond acceptors (Lipinski definition) is 2. The van der Waals surface area contributed by atoms with E-state index < -0.39 is 0 Å². The monoisotopic (exact) mass is 253 g/mol. The molecule has 0 aliphatic rings. The van der Waals surface area contributed by atoms with Crippen LogP contribution in [0.4, 0.5) is 0 Å². The summed E-state index contributed by atoms with van der Waals surface area (Å²) < 4.78 is 0. The predicted molar refractivity (Wildman–Crippen MR) is 77.7 cm³/mol. The van der Waals surface area contributed by atoms with Gasteiger partial charge in [0.15, 0.2) is 0 Å². The van der Waals surface area contributed by atoms with Gasteiger partial charge in [-0.2, -0.15) is 0 Å². The van der Waals surface area contributed by atoms with Gasteiger partial charge in [0.25, 0.3) is 0 Å². The highest BCUT2D eigenvalue weighted by Crippen LogP contribution is 2.21. The van der Waals surface area contributed by atoms with Gasteiger partial charge < -0.3 is 5.73 Å². The highest BCUT2D eigenvalue weighted by Gasteiger charge is 2.21. The summed E-state index contributed by atoms with van der Waals surface area (Å²) in [7, 11) is 0. The Morgan fingerprint density at radius 1 is 1.00 bits per heavy atom. The second kappa shape index (κ2) is 6.30. The van der Waals surface area contributed by atoms with Crippen molar-refractivity contribution < 1.29 is 4.79 Å². The maximum absolute atomic E-state index is 12.2. The number of carbonyl (C=O) groups is 1. The summed E-state index contributed by atoms with van der Waals surface area (Å²) in [5, 5.41) is 0. The van der Waals surface area contributed by atoms with Gasteiger partial charge in [0.2, 0.25) is 0 Å². The van der Waals surface area contributed by atoms with E-state index in [2.05, 4.69) is 0 Å². The van der Waals surface area contributed by atoms with E-state index in [-0.39, 0.29) is 17.7 Å². The van der Waals surface area contributed by atoms with E-state index in [1.807, 2.05) is 67.6 Å². The third-order valence-corrected chi connectivity index (χ3v) is 3.45. The van der Waals surface area contributed by atoms with E-state index in [0.29, 0.717) is 6.42 Å². The maximum Gasteiger partial charge on any atom is 0.141 e. The molecule has 2 nitrogen and oxygen atoms in total. The van der Waals surface area contributed by atoms with Crippen molar-refractivity contribution in [1.82, 2.24) is 0 Å². The molecular weight excluding hydrogens is 234 g/mol. The van der Waals surface area contributed by atoms with Crippen molar-refractivity contribution in [3.8, 4) is 0 Å². The molecule has 2 aromatic rings. The Morgan fingerprint density at radius 3 is 2.11 bits per heavy atom. The molecule has 98 valence electrons. The Balaban J connectivity index is 2.03. The maximum atomic E-state index is 12.2. The van der Waals surface area contributed by atoms with Gasteiger partial charge in [-0.3, -0.25) is 4.79 Å². The molecule has 0 saturated carbocycles. The lowest BCUT2D eigenvalue weighted by atomic mass is 9.89. The standard InChI is InChI=1S/C17H19NO/c1-13(17(18)15-10-6-3-7-11-15)16(19)12-14-8-4-2-5-9-14/h2-11,13,17H,12,18H2,1H3. The van der Waals surface area contributed by atoms with Gasteiger partial charge in [0.1, 0.15) is 5.78 Å². The van der Waals surface area contributed by atoms with Gasteiger partial charge in [0.05, 0.1) is 0 Å². The predicted octanol–water partition coefficient (Wildman–Crippen LogP) is 3.13. The zero-order valence-electron chi connectivity index (χ0n) is 11.1. The Kier molecular flexibility index (Phi) is 4.48. The van der Waals surface area contributed by atoms with Crippen LogP contribution in [0.25, 0.3) is 0 Å². The first-order valence-corrected chi connectivity index (χ1v) is 6.55. The number of ketones is 1. The van der Waals surface area contributed by atoms with Crippen molar-refractivity contribution in [2.75, 3.05) is 0 Å². The summed E-state index contributed by atoms with van der Waals surface area (Å²) in [5.74, 6) is 0.00478. The smallest absolute Gasteiger partial charge is 0.141 e. The molecule has 2 N–H and O–H groups in total. The third kappa shape index (κ3) is 3.52. The highest BCUT2D eigenvalue weighted by atomic mass is 16.1. The van der Waals surface area contributed by atoms with Crippen LogP contribution >= 0.6 is 0 Å². The highest BCUT2D eigenvalue weighted by molar-refractivity contribution is 5.83. The van der Waals surface area contributed by atoms with Crippen LogP contribution in [0.5, 0.6) is 0 Å². The van der Waals surface area contributed by atoms with E-state index >= 15 is 0 Å². The number of hydrogen-bond donors (Lipinski definition) is 1. The summed E-state index contributed by atoms with van der Waals surface area (Å²) in [5.41, 5.74) is 8.22. The fourth-order valence-electron chi connectivity index (χ4n) is 2.12. The number of nitrogens with two attached hydrogens (primary N) is 1. The van der Waals surface area contributed by atoms with E-state index in [0.717, 1.165) is 11.1 Å². The molecule has 0 aromatic heterocycles. The zero-order chi connectivity index (χ0) is 13.7. The van der Waals surface area contributed by atoms with E-state index in [1.54, 1.807) is 0 Å². The first-order chi connectivity index (χ1) is 9.18. The van der Waals surface area contributed by atoms with Crippen molar-refractivity contribution in [3.63, 3.8) is 0 Å². The topological polar surface area (TPSA) is 43.1 Å². The number of carbonyl (C=O) groups excluding carboxylic acids is 1. The first kappa shape index (κ1) is 13.5. The lowest BCUT2D eigenvalue weighted by Gasteiger charge is -2.19. The van der Waals surface area contributed by atoms with Gasteiger partial charge >= 0.3 is 0 Å². The molecule has 0 heterocycles. The molecule has 19 heavy (non-hydrogen) atoms. The lowest BCUT2D eigenvalue weighted by molar-refractivity contribution is -0.122. The number of rotatable bonds is 5. The van der Waals surface area contributed by atoms with Crippen LogP contribution in [0.2, 0.25) is 0 Å². The van der Waals surface area contributed by atoms with Gasteiger partial charge in [0, 0.05) is 18.4 Å². The molecule has 2 aromatic carbocycles. The molecule has 0 spiro atoms. The molecule has 0 amide bonds. The fourth-order valence-corrected chi connectivity index (χ4v) is 2.12. The van der Waals surface area contributed by atoms with E-state index in [4.69, 9.17) is 5.73 Å². The molecule has 2 rings (SSSR count). The van der Waals surface area contributed by atoms with Crippen LogP contribution in [0.15, 0.2) is 60.7 Å². The molecule has 0 bridgehead atoms. The number of Topliss-reactive ketones (excluding diaryl/α,β-unsaturated/α-hetero) is 1. The summed E-state index contributed by atoms with van der Waals surface area (Å²) in [6, 6.07) is 19.3. The average Bonchev–Trinajstić information content (AvgIpc) is 2.47. The molecule has 2 atom stereocenters. The van der Waals surface area contributed by atoms with Crippen LogP contribution in [-0.2, 0) is 11.2 Å². The van der Waals surface area contributed by atoms with Crippen LogP contribution in [-0.4, -0.2) is 5.78 Å². The molecule has 0 radical (unpaired) electrons. The SMILES string of the molecule is CC(C(=O)Cc1ccccc1)C(N)c1ccccc1. The molecule has 0 saturated heterocycles. The summed E-state index contributed by atoms with van der Waals surface area (Å²) in [6.07, 6.45) is 0.447. The molecular formula is C17H19NO. The molecule has 2 unspecified atom stereocenters. The van der Waals surface area contributed by atoms with Crippen LogP contribution in [0.1, 0.15) is 24.1 Å². The van der Waals surface area contributed by atoms with E-state index in [1.165, 1.54) is 0 Å². The first-order valence-electron chi connectivity index (χ1n) is 6.55. The normalized spacial score (nSPS) is 13.8. The second-order valence-corrected chi connectivity index (χ2v) is 4.85. The van der Waals surface area contributed by atoms with Crippen molar-refractivity contribution in [1.29, 1.82) is 0 Å². The minimum absolute atomic E-state index is 0.178. The van der Waals surface area contributed by atoms with Crippen LogP contribution in [0.3, 0.4) is 0 Å². The lowest BCUT2D eigenvalue weighted by Crippen LogP contribution is -2.27. The minimum Gasteiger partial charge on any atom is -0.323 e. The Morgan fingerprint density at radius 2 is 1.53 bits per heavy atom. The average molecular weight is 253 g/mol. The second-order valence-electron chi connectivity index (χ2n) is 4.85. The Bertz CT molecular complexity index is 521. The zero-order valence-corrected chi connectivity index (χ0v) is 11.1. The van der Waals surface area contributed by atoms with Gasteiger partial charge in [-0.1, -0.05) is 67.6 Å². The molecule has 0 aliphatic carbocycles. The Labute approximate surface area is 114 Å². The summed E-state index contributed by atoms with van der Waals surface area (Å²) in [6.45, 7) is 1.91. The molecule has 2 heteroatoms. The van der Waals surface area contributed by atoms with E-state index in [9.17, 15) is 4.79 Å². The van der Waals surface area contributed by atoms with Gasteiger partial charge in [-0.25, -0.2) is 0 Å². The minimum atomic E-state index is -0.239. The van der Waals surface area contributed by atoms with Crippen molar-refractivity contribution in [2.45, 2.75) is 19.4 Å². The summed E-state index contributed by atoms with van der Waals surface area (Å²) in [4.78, 5) is 12.2. The number of benzene rings is 2. The molecule has 0 fully saturated rings. The van der Waals surface area contributed by atoms with Crippen molar-refractivity contribution in [2.24, 2.45) is 11.7 Å². The Hall–Kier alpha value is -1.93. The van der Waals surface area contributed by atoms with Crippen LogP contribution in [0, 0.1) is 5.92 Å². The largest absolute Gasteiger partial charge is 0.323 e. The third-order valence-electron chi connectivity index (χ3n) is 3.45. The van der Waals surface area contributed by atoms with Crippen molar-refractivity contribution in [3.05, 3.63) is 71.8 Å². The van der Waals surface area contributed by atoms with Gasteiger partial charge in [-0.15, -0.1) is 0 Å². The molecule has 0 aliphatic heterocycles. The fraction of sp³-hybridized carbons (Fsp3) is 0.235.